The van der Waals surface area contributed by atoms with E-state index in [2.05, 4.69) is 15.3 Å². The normalized spacial score (nSPS) is 20.2. The molecule has 0 aromatic carbocycles. The standard InChI is InChI=1S/C18H24FN3O4/c1-4-14-20-15-12(16(21-14)26-9-10-7-25-8-10)5-11(6-13(15)19)22-18(2,3)17(23)24/h6,10-11,22H,4-5,7-9H2,1-3H3,(H,23,24). The Labute approximate surface area is 151 Å². The minimum atomic E-state index is -1.19. The average Bonchev–Trinajstić information content (AvgIpc) is 2.53. The van der Waals surface area contributed by atoms with E-state index < -0.39 is 23.4 Å². The molecule has 1 aromatic rings. The molecule has 2 heterocycles. The van der Waals surface area contributed by atoms with Gasteiger partial charge >= 0.3 is 5.97 Å². The third kappa shape index (κ3) is 3.86. The third-order valence-corrected chi connectivity index (χ3v) is 4.57. The molecule has 0 spiro atoms. The zero-order chi connectivity index (χ0) is 18.9. The van der Waals surface area contributed by atoms with Gasteiger partial charge in [-0.25, -0.2) is 9.37 Å². The summed E-state index contributed by atoms with van der Waals surface area (Å²) in [4.78, 5) is 20.1. The van der Waals surface area contributed by atoms with Gasteiger partial charge in [-0.3, -0.25) is 10.1 Å². The number of aryl methyl sites for hydroxylation is 1. The Balaban J connectivity index is 1.86. The van der Waals surface area contributed by atoms with Crippen LogP contribution in [0.25, 0.3) is 5.83 Å². The SMILES string of the molecule is CCc1nc(OCC2COC2)c2c(n1)C(F)=CC(NC(C)(C)C(=O)O)C2. The van der Waals surface area contributed by atoms with Gasteiger partial charge in [0.05, 0.1) is 19.8 Å². The molecule has 0 saturated carbocycles. The first-order chi connectivity index (χ1) is 12.3. The van der Waals surface area contributed by atoms with E-state index in [1.54, 1.807) is 13.8 Å². The number of carboxylic acid groups (broad SMARTS) is 1. The monoisotopic (exact) mass is 365 g/mol. The summed E-state index contributed by atoms with van der Waals surface area (Å²) in [5, 5.41) is 12.3. The van der Waals surface area contributed by atoms with Crippen LogP contribution in [0, 0.1) is 5.92 Å². The molecule has 1 aliphatic carbocycles. The summed E-state index contributed by atoms with van der Waals surface area (Å²) in [6.07, 6.45) is 2.31. The molecule has 0 amide bonds. The lowest BCUT2D eigenvalue weighted by atomic mass is 9.94. The summed E-state index contributed by atoms with van der Waals surface area (Å²) < 4.78 is 25.7. The largest absolute Gasteiger partial charge is 0.480 e. The Bertz CT molecular complexity index is 731. The summed E-state index contributed by atoms with van der Waals surface area (Å²) in [6, 6.07) is -0.487. The molecule has 142 valence electrons. The first-order valence-electron chi connectivity index (χ1n) is 8.79. The van der Waals surface area contributed by atoms with Gasteiger partial charge in [0.25, 0.3) is 0 Å². The molecule has 26 heavy (non-hydrogen) atoms. The summed E-state index contributed by atoms with van der Waals surface area (Å²) in [5.74, 6) is -0.282. The number of nitrogens with zero attached hydrogens (tertiary/aromatic N) is 2. The van der Waals surface area contributed by atoms with Crippen LogP contribution in [0.15, 0.2) is 6.08 Å². The molecule has 0 bridgehead atoms. The molecule has 1 aliphatic heterocycles. The van der Waals surface area contributed by atoms with E-state index in [1.807, 2.05) is 6.92 Å². The van der Waals surface area contributed by atoms with Crippen molar-refractivity contribution in [1.82, 2.24) is 15.3 Å². The molecule has 3 rings (SSSR count). The van der Waals surface area contributed by atoms with Crippen molar-refractivity contribution in [2.45, 2.75) is 45.2 Å². The Morgan fingerprint density at radius 1 is 1.46 bits per heavy atom. The van der Waals surface area contributed by atoms with Crippen molar-refractivity contribution in [1.29, 1.82) is 0 Å². The zero-order valence-corrected chi connectivity index (χ0v) is 15.2. The molecule has 0 radical (unpaired) electrons. The topological polar surface area (TPSA) is 93.6 Å². The van der Waals surface area contributed by atoms with Crippen LogP contribution in [-0.2, 0) is 22.4 Å². The number of fused-ring (bicyclic) bond motifs is 1. The van der Waals surface area contributed by atoms with Crippen LogP contribution in [0.3, 0.4) is 0 Å². The number of carbonyl (C=O) groups is 1. The maximum absolute atomic E-state index is 14.7. The fourth-order valence-electron chi connectivity index (χ4n) is 2.90. The number of rotatable bonds is 7. The maximum atomic E-state index is 14.7. The predicted molar refractivity (Wildman–Crippen MR) is 92.6 cm³/mol. The molecular weight excluding hydrogens is 341 g/mol. The summed E-state index contributed by atoms with van der Waals surface area (Å²) >= 11 is 0. The number of ether oxygens (including phenoxy) is 2. The van der Waals surface area contributed by atoms with Crippen molar-refractivity contribution < 1.29 is 23.8 Å². The lowest BCUT2D eigenvalue weighted by Crippen LogP contribution is -2.52. The number of hydrogen-bond donors (Lipinski definition) is 2. The minimum absolute atomic E-state index is 0.239. The van der Waals surface area contributed by atoms with Crippen LogP contribution < -0.4 is 10.1 Å². The van der Waals surface area contributed by atoms with Crippen molar-refractivity contribution in [3.05, 3.63) is 23.2 Å². The first-order valence-corrected chi connectivity index (χ1v) is 8.79. The molecule has 8 heteroatoms. The Morgan fingerprint density at radius 2 is 2.19 bits per heavy atom. The van der Waals surface area contributed by atoms with Crippen LogP contribution in [0.4, 0.5) is 4.39 Å². The van der Waals surface area contributed by atoms with Crippen molar-refractivity contribution in [3.63, 3.8) is 0 Å². The van der Waals surface area contributed by atoms with E-state index in [9.17, 15) is 14.3 Å². The van der Waals surface area contributed by atoms with Gasteiger partial charge in [-0.15, -0.1) is 0 Å². The van der Waals surface area contributed by atoms with Crippen molar-refractivity contribution in [2.75, 3.05) is 19.8 Å². The molecule has 2 N–H and O–H groups in total. The highest BCUT2D eigenvalue weighted by Crippen LogP contribution is 2.32. The second-order valence-corrected chi connectivity index (χ2v) is 7.24. The summed E-state index contributed by atoms with van der Waals surface area (Å²) in [7, 11) is 0. The van der Waals surface area contributed by atoms with Gasteiger partial charge < -0.3 is 14.6 Å². The quantitative estimate of drug-likeness (QED) is 0.760. The van der Waals surface area contributed by atoms with E-state index >= 15 is 0 Å². The van der Waals surface area contributed by atoms with Crippen molar-refractivity contribution >= 4 is 11.8 Å². The number of hydrogen-bond acceptors (Lipinski definition) is 6. The van der Waals surface area contributed by atoms with Gasteiger partial charge in [0.2, 0.25) is 5.88 Å². The number of aliphatic carboxylic acids is 1. The molecule has 1 atom stereocenters. The molecule has 1 unspecified atom stereocenters. The van der Waals surface area contributed by atoms with E-state index in [4.69, 9.17) is 9.47 Å². The Morgan fingerprint density at radius 3 is 2.77 bits per heavy atom. The third-order valence-electron chi connectivity index (χ3n) is 4.57. The highest BCUT2D eigenvalue weighted by atomic mass is 19.1. The van der Waals surface area contributed by atoms with Crippen LogP contribution in [-0.4, -0.2) is 52.4 Å². The second kappa shape index (κ2) is 7.28. The van der Waals surface area contributed by atoms with E-state index in [-0.39, 0.29) is 5.69 Å². The highest BCUT2D eigenvalue weighted by molar-refractivity contribution is 5.78. The number of halogens is 1. The molecule has 1 aromatic heterocycles. The number of aromatic nitrogens is 2. The molecular formula is C18H24FN3O4. The van der Waals surface area contributed by atoms with E-state index in [0.29, 0.717) is 55.8 Å². The molecule has 1 fully saturated rings. The van der Waals surface area contributed by atoms with Crippen LogP contribution >= 0.6 is 0 Å². The van der Waals surface area contributed by atoms with Gasteiger partial charge in [0.1, 0.15) is 22.9 Å². The van der Waals surface area contributed by atoms with E-state index in [1.165, 1.54) is 6.08 Å². The molecule has 2 aliphatic rings. The van der Waals surface area contributed by atoms with E-state index in [0.717, 1.165) is 0 Å². The maximum Gasteiger partial charge on any atom is 0.323 e. The fraction of sp³-hybridized carbons (Fsp3) is 0.611. The number of carboxylic acids is 1. The summed E-state index contributed by atoms with van der Waals surface area (Å²) in [5.41, 5.74) is -0.378. The van der Waals surface area contributed by atoms with Gasteiger partial charge in [-0.05, 0) is 26.3 Å². The van der Waals surface area contributed by atoms with Gasteiger partial charge in [0.15, 0.2) is 0 Å². The lowest BCUT2D eigenvalue weighted by molar-refractivity contribution is -0.143. The van der Waals surface area contributed by atoms with Crippen LogP contribution in [0.1, 0.15) is 37.9 Å². The smallest absolute Gasteiger partial charge is 0.323 e. The average molecular weight is 365 g/mol. The number of nitrogens with one attached hydrogen (secondary N) is 1. The highest BCUT2D eigenvalue weighted by Gasteiger charge is 2.33. The Hall–Kier alpha value is -2.06. The Kier molecular flexibility index (Phi) is 5.24. The second-order valence-electron chi connectivity index (χ2n) is 7.24. The lowest BCUT2D eigenvalue weighted by Gasteiger charge is -2.30. The molecule has 7 nitrogen and oxygen atoms in total. The van der Waals surface area contributed by atoms with Crippen LogP contribution in [0.5, 0.6) is 5.88 Å². The van der Waals surface area contributed by atoms with Crippen molar-refractivity contribution in [3.8, 4) is 5.88 Å². The van der Waals surface area contributed by atoms with Crippen molar-refractivity contribution in [2.24, 2.45) is 5.92 Å². The van der Waals surface area contributed by atoms with Gasteiger partial charge in [0, 0.05) is 23.9 Å². The molecule has 1 saturated heterocycles. The summed E-state index contributed by atoms with van der Waals surface area (Å²) in [6.45, 7) is 6.74. The zero-order valence-electron chi connectivity index (χ0n) is 15.2. The predicted octanol–water partition coefficient (Wildman–Crippen LogP) is 1.75. The first kappa shape index (κ1) is 18.7. The van der Waals surface area contributed by atoms with Gasteiger partial charge in [-0.1, -0.05) is 6.92 Å². The minimum Gasteiger partial charge on any atom is -0.480 e. The van der Waals surface area contributed by atoms with Gasteiger partial charge in [-0.2, -0.15) is 4.98 Å². The van der Waals surface area contributed by atoms with Crippen LogP contribution in [0.2, 0.25) is 0 Å². The fourth-order valence-corrected chi connectivity index (χ4v) is 2.90.